The first-order chi connectivity index (χ1) is 40.0. The Labute approximate surface area is 499 Å². The molecule has 452 valence electrons. The van der Waals surface area contributed by atoms with E-state index in [1.165, 1.54) is 303 Å². The van der Waals surface area contributed by atoms with E-state index in [1.54, 1.807) is 0 Å². The highest BCUT2D eigenvalue weighted by molar-refractivity contribution is 5.45. The van der Waals surface area contributed by atoms with Crippen molar-refractivity contribution >= 4 is 0 Å². The molecule has 6 rings (SSSR count). The van der Waals surface area contributed by atoms with Crippen molar-refractivity contribution in [2.24, 2.45) is 11.8 Å². The molecule has 2 heterocycles. The first kappa shape index (κ1) is 66.5. The summed E-state index contributed by atoms with van der Waals surface area (Å²) in [5.41, 5.74) is 8.44. The van der Waals surface area contributed by atoms with E-state index in [9.17, 15) is 0 Å². The highest BCUT2D eigenvalue weighted by Gasteiger charge is 2.28. The molecule has 81 heavy (non-hydrogen) atoms. The van der Waals surface area contributed by atoms with Crippen LogP contribution in [-0.2, 0) is 38.5 Å². The number of aromatic nitrogens is 4. The van der Waals surface area contributed by atoms with Gasteiger partial charge in [-0.1, -0.05) is 245 Å². The zero-order valence-electron chi connectivity index (χ0n) is 53.2. The van der Waals surface area contributed by atoms with E-state index in [0.29, 0.717) is 23.7 Å². The molecule has 0 radical (unpaired) electrons. The lowest BCUT2D eigenvalue weighted by Crippen LogP contribution is -2.18. The van der Waals surface area contributed by atoms with Crippen LogP contribution in [0.2, 0.25) is 0 Å². The number of unbranched alkanes of at least 4 members (excludes halogenated alkanes) is 30. The fourth-order valence-electron chi connectivity index (χ4n) is 13.7. The molecule has 0 bridgehead atoms. The third-order valence-corrected chi connectivity index (χ3v) is 19.1. The number of nitrogens with zero attached hydrogens (tertiary/aromatic N) is 4. The minimum absolute atomic E-state index is 0.473. The van der Waals surface area contributed by atoms with Gasteiger partial charge in [0.1, 0.15) is 23.1 Å². The van der Waals surface area contributed by atoms with Crippen molar-refractivity contribution in [3.63, 3.8) is 0 Å². The average molecular weight is 1110 g/mol. The number of hydrogen-bond acceptors (Lipinski definition) is 5. The van der Waals surface area contributed by atoms with Crippen LogP contribution in [-0.4, -0.2) is 19.9 Å². The van der Waals surface area contributed by atoms with E-state index >= 15 is 0 Å². The lowest BCUT2D eigenvalue weighted by Gasteiger charge is -2.29. The maximum Gasteiger partial charge on any atom is 0.131 e. The first-order valence-corrected chi connectivity index (χ1v) is 35.6. The molecule has 0 saturated heterocycles. The first-order valence-electron chi connectivity index (χ1n) is 35.6. The summed E-state index contributed by atoms with van der Waals surface area (Å²) in [5, 5.41) is 0. The van der Waals surface area contributed by atoms with Crippen LogP contribution < -0.4 is 4.74 Å². The van der Waals surface area contributed by atoms with E-state index in [-0.39, 0.29) is 0 Å². The molecule has 4 aromatic rings. The number of ether oxygens (including phenoxy) is 1. The second kappa shape index (κ2) is 42.2. The molecule has 2 aliphatic rings. The van der Waals surface area contributed by atoms with E-state index in [1.807, 2.05) is 0 Å². The Hall–Kier alpha value is -3.60. The van der Waals surface area contributed by atoms with Gasteiger partial charge in [0.05, 0.1) is 0 Å². The quantitative estimate of drug-likeness (QED) is 0.0413. The van der Waals surface area contributed by atoms with Crippen molar-refractivity contribution in [1.82, 2.24) is 19.9 Å². The fraction of sp³-hybridized carbons (Fsp3) is 0.737. The van der Waals surface area contributed by atoms with Crippen LogP contribution in [0.1, 0.15) is 354 Å². The second-order valence-electron chi connectivity index (χ2n) is 26.3. The summed E-state index contributed by atoms with van der Waals surface area (Å²) in [6, 6.07) is 14.6. The van der Waals surface area contributed by atoms with Gasteiger partial charge in [-0.2, -0.15) is 0 Å². The van der Waals surface area contributed by atoms with Crippen molar-refractivity contribution < 1.29 is 4.74 Å². The van der Waals surface area contributed by atoms with Crippen LogP contribution in [0.3, 0.4) is 0 Å². The number of hydrogen-bond donors (Lipinski definition) is 0. The maximum atomic E-state index is 7.30. The molecule has 2 fully saturated rings. The van der Waals surface area contributed by atoms with Crippen LogP contribution in [0, 0.1) is 11.8 Å². The summed E-state index contributed by atoms with van der Waals surface area (Å²) < 4.78 is 7.30. The molecule has 2 aromatic carbocycles. The largest absolute Gasteiger partial charge is 0.457 e. The van der Waals surface area contributed by atoms with Gasteiger partial charge in [-0.3, -0.25) is 0 Å². The summed E-state index contributed by atoms with van der Waals surface area (Å²) in [5.74, 6) is 6.57. The van der Waals surface area contributed by atoms with Crippen LogP contribution in [0.4, 0.5) is 0 Å². The molecule has 2 saturated carbocycles. The van der Waals surface area contributed by atoms with Gasteiger partial charge in [0.2, 0.25) is 0 Å². The summed E-state index contributed by atoms with van der Waals surface area (Å²) in [4.78, 5) is 20.0. The molecule has 0 unspecified atom stereocenters. The molecule has 0 aliphatic heterocycles. The molecular formula is C76H122N4O. The number of rotatable bonds is 46. The van der Waals surface area contributed by atoms with Crippen LogP contribution in [0.25, 0.3) is 0 Å². The Morgan fingerprint density at radius 2 is 0.568 bits per heavy atom. The highest BCUT2D eigenvalue weighted by atomic mass is 16.5. The predicted molar refractivity (Wildman–Crippen MR) is 348 cm³/mol. The summed E-state index contributed by atoms with van der Waals surface area (Å²) >= 11 is 0. The fourth-order valence-corrected chi connectivity index (χ4v) is 13.7. The maximum absolute atomic E-state index is 7.30. The van der Waals surface area contributed by atoms with Gasteiger partial charge in [0, 0.05) is 36.6 Å². The molecule has 2 aliphatic carbocycles. The van der Waals surface area contributed by atoms with Crippen LogP contribution in [0.15, 0.2) is 61.2 Å². The van der Waals surface area contributed by atoms with Crippen molar-refractivity contribution in [2.45, 2.75) is 348 Å². The Morgan fingerprint density at radius 1 is 0.309 bits per heavy atom. The van der Waals surface area contributed by atoms with Crippen LogP contribution >= 0.6 is 0 Å². The third-order valence-electron chi connectivity index (χ3n) is 19.1. The van der Waals surface area contributed by atoms with Gasteiger partial charge in [0.25, 0.3) is 0 Å². The lowest BCUT2D eigenvalue weighted by atomic mass is 9.78. The Morgan fingerprint density at radius 3 is 0.852 bits per heavy atom. The Bertz CT molecular complexity index is 2000. The molecule has 0 amide bonds. The Kier molecular flexibility index (Phi) is 34.7. The molecule has 5 heteroatoms. The molecular weight excluding hydrogens is 985 g/mol. The summed E-state index contributed by atoms with van der Waals surface area (Å²) in [6.07, 6.45) is 71.4. The standard InChI is InChI=1S/C76H122N4O/c1-5-9-13-17-21-23-25-29-33-37-41-67-59-77-75(78-60-67)69-49-43-65(44-50-69)57-71-55-63(39-35-31-27-19-15-11-7-3)47-53-73(71)81-74-54-48-64(40-36-32-28-20-16-12-8-4)56-72(74)58-66-45-51-70(52-46-66)76-79-61-68(62-80-76)42-38-34-30-26-24-22-18-14-10-6-2/h47-48,53-56,59-62,65-66,69-70H,5-46,49-52,57-58H2,1-4H3. The van der Waals surface area contributed by atoms with E-state index < -0.39 is 0 Å². The van der Waals surface area contributed by atoms with Gasteiger partial charge in [-0.15, -0.1) is 0 Å². The predicted octanol–water partition coefficient (Wildman–Crippen LogP) is 23.6. The van der Waals surface area contributed by atoms with Gasteiger partial charge in [0.15, 0.2) is 0 Å². The minimum Gasteiger partial charge on any atom is -0.457 e. The van der Waals surface area contributed by atoms with Gasteiger partial charge in [-0.25, -0.2) is 19.9 Å². The zero-order valence-corrected chi connectivity index (χ0v) is 53.2. The molecule has 0 N–H and O–H groups in total. The van der Waals surface area contributed by atoms with Crippen molar-refractivity contribution in [2.75, 3.05) is 0 Å². The van der Waals surface area contributed by atoms with Crippen molar-refractivity contribution in [1.29, 1.82) is 0 Å². The minimum atomic E-state index is 0.473. The van der Waals surface area contributed by atoms with Crippen molar-refractivity contribution in [3.05, 3.63) is 106 Å². The van der Waals surface area contributed by atoms with Gasteiger partial charge >= 0.3 is 0 Å². The molecule has 0 atom stereocenters. The van der Waals surface area contributed by atoms with E-state index in [0.717, 1.165) is 61.7 Å². The normalized spacial score (nSPS) is 17.5. The van der Waals surface area contributed by atoms with Gasteiger partial charge in [-0.05, 0) is 173 Å². The van der Waals surface area contributed by atoms with Crippen molar-refractivity contribution in [3.8, 4) is 11.5 Å². The zero-order chi connectivity index (χ0) is 56.6. The number of aryl methyl sites for hydroxylation is 4. The molecule has 2 aromatic heterocycles. The topological polar surface area (TPSA) is 60.8 Å². The third kappa shape index (κ3) is 27.3. The van der Waals surface area contributed by atoms with Gasteiger partial charge < -0.3 is 4.74 Å². The molecule has 5 nitrogen and oxygen atoms in total. The second-order valence-corrected chi connectivity index (χ2v) is 26.3. The Balaban J connectivity index is 1.05. The lowest BCUT2D eigenvalue weighted by molar-refractivity contribution is 0.312. The highest BCUT2D eigenvalue weighted by Crippen LogP contribution is 2.41. The monoisotopic (exact) mass is 1110 g/mol. The smallest absolute Gasteiger partial charge is 0.131 e. The molecule has 0 spiro atoms. The van der Waals surface area contributed by atoms with E-state index in [4.69, 9.17) is 24.7 Å². The number of benzene rings is 2. The average Bonchev–Trinajstić information content (AvgIpc) is 3.50. The summed E-state index contributed by atoms with van der Waals surface area (Å²) in [6.45, 7) is 9.24. The summed E-state index contributed by atoms with van der Waals surface area (Å²) in [7, 11) is 0. The van der Waals surface area contributed by atoms with Crippen LogP contribution in [0.5, 0.6) is 11.5 Å². The SMILES string of the molecule is CCCCCCCCCCCCc1cnc(C2CCC(Cc3cc(CCCCCCCCC)ccc3Oc3ccc(CCCCCCCCC)cc3CC3CCC(c4ncc(CCCCCCCCCCCC)cn4)CC3)CC2)nc1. The van der Waals surface area contributed by atoms with E-state index in [2.05, 4.69) is 88.9 Å².